The number of carboxylic acid groups (broad SMARTS) is 1. The number of carbonyl (C=O) groups is 2. The van der Waals surface area contributed by atoms with Crippen molar-refractivity contribution in [1.29, 1.82) is 0 Å². The SMILES string of the molecule is CC[C@H](C)C(=O)O[C@H]1C[C@H](O)C=C2C=C[C@H](C)[C@H](CC[C@@H](O)C[C@@H](O)CC(=O)O)[C@H]21.N. The molecule has 0 bridgehead atoms. The molecule has 0 unspecified atom stereocenters. The van der Waals surface area contributed by atoms with Crippen LogP contribution in [0.15, 0.2) is 23.8 Å². The lowest BCUT2D eigenvalue weighted by molar-refractivity contribution is -0.159. The molecule has 0 fully saturated rings. The van der Waals surface area contributed by atoms with Crippen LogP contribution < -0.4 is 6.15 Å². The summed E-state index contributed by atoms with van der Waals surface area (Å²) in [7, 11) is 0. The van der Waals surface area contributed by atoms with E-state index in [1.807, 2.05) is 26.0 Å². The van der Waals surface area contributed by atoms with Gasteiger partial charge in [-0.05, 0) is 43.1 Å². The lowest BCUT2D eigenvalue weighted by Crippen LogP contribution is -2.43. The molecule has 8 nitrogen and oxygen atoms in total. The van der Waals surface area contributed by atoms with Crippen molar-refractivity contribution in [2.24, 2.45) is 23.7 Å². The standard InChI is InChI=1S/C23H36O7.H3N/c1-4-13(2)23(29)30-20-11-17(25)9-15-6-5-14(3)19(22(15)20)8-7-16(24)10-18(26)12-21(27)28;/h5-6,9,13-14,16-20,22,24-26H,4,7-8,10-12H2,1-3H3,(H,27,28);1H3/t13-,14-,16+,17+,18+,19-,20-,22-;/m0./s1. The molecule has 7 N–H and O–H groups in total. The number of rotatable bonds is 10. The number of carboxylic acids is 1. The van der Waals surface area contributed by atoms with Crippen molar-refractivity contribution in [3.05, 3.63) is 23.8 Å². The van der Waals surface area contributed by atoms with Gasteiger partial charge in [0.15, 0.2) is 0 Å². The Labute approximate surface area is 184 Å². The summed E-state index contributed by atoms with van der Waals surface area (Å²) < 4.78 is 5.84. The maximum absolute atomic E-state index is 12.4. The molecule has 0 aromatic carbocycles. The molecule has 0 aromatic rings. The summed E-state index contributed by atoms with van der Waals surface area (Å²) in [4.78, 5) is 23.1. The summed E-state index contributed by atoms with van der Waals surface area (Å²) in [6.07, 6.45) is 4.64. The van der Waals surface area contributed by atoms with Crippen LogP contribution in [0, 0.1) is 23.7 Å². The van der Waals surface area contributed by atoms with Crippen molar-refractivity contribution in [3.63, 3.8) is 0 Å². The van der Waals surface area contributed by atoms with Gasteiger partial charge in [0.05, 0.1) is 30.7 Å². The maximum atomic E-state index is 12.4. The van der Waals surface area contributed by atoms with E-state index in [1.54, 1.807) is 0 Å². The van der Waals surface area contributed by atoms with E-state index in [-0.39, 0.29) is 48.6 Å². The number of esters is 1. The van der Waals surface area contributed by atoms with Gasteiger partial charge >= 0.3 is 11.9 Å². The second kappa shape index (κ2) is 12.3. The van der Waals surface area contributed by atoms with Crippen LogP contribution in [0.3, 0.4) is 0 Å². The number of carbonyl (C=O) groups excluding carboxylic acids is 1. The third kappa shape index (κ3) is 7.71. The molecule has 2 rings (SSSR count). The average Bonchev–Trinajstić information content (AvgIpc) is 2.65. The van der Waals surface area contributed by atoms with Crippen molar-refractivity contribution >= 4 is 11.9 Å². The Hall–Kier alpha value is -1.74. The normalized spacial score (nSPS) is 30.3. The van der Waals surface area contributed by atoms with Crippen LogP contribution in [0.2, 0.25) is 0 Å². The van der Waals surface area contributed by atoms with Gasteiger partial charge in [-0.3, -0.25) is 9.59 Å². The van der Waals surface area contributed by atoms with Crippen LogP contribution >= 0.6 is 0 Å². The average molecular weight is 442 g/mol. The molecular weight excluding hydrogens is 402 g/mol. The van der Waals surface area contributed by atoms with E-state index in [1.165, 1.54) is 0 Å². The first-order valence-corrected chi connectivity index (χ1v) is 11.0. The number of hydrogen-bond donors (Lipinski definition) is 5. The lowest BCUT2D eigenvalue weighted by Gasteiger charge is -2.43. The summed E-state index contributed by atoms with van der Waals surface area (Å²) >= 11 is 0. The van der Waals surface area contributed by atoms with Gasteiger partial charge in [-0.15, -0.1) is 0 Å². The summed E-state index contributed by atoms with van der Waals surface area (Å²) in [6, 6.07) is 0. The topological polar surface area (TPSA) is 159 Å². The molecule has 0 heterocycles. The van der Waals surface area contributed by atoms with E-state index < -0.39 is 30.4 Å². The number of aliphatic carboxylic acids is 1. The van der Waals surface area contributed by atoms with Gasteiger partial charge in [-0.1, -0.05) is 39.0 Å². The smallest absolute Gasteiger partial charge is 0.308 e. The quantitative estimate of drug-likeness (QED) is 0.323. The van der Waals surface area contributed by atoms with Gasteiger partial charge in [0.2, 0.25) is 0 Å². The molecule has 0 amide bonds. The van der Waals surface area contributed by atoms with Gasteiger partial charge < -0.3 is 31.3 Å². The van der Waals surface area contributed by atoms with Crippen molar-refractivity contribution in [1.82, 2.24) is 6.15 Å². The van der Waals surface area contributed by atoms with Gasteiger partial charge in [-0.25, -0.2) is 0 Å². The Morgan fingerprint density at radius 1 is 1.26 bits per heavy atom. The van der Waals surface area contributed by atoms with Gasteiger partial charge in [0.1, 0.15) is 6.10 Å². The fourth-order valence-electron chi connectivity index (χ4n) is 4.52. The van der Waals surface area contributed by atoms with Crippen LogP contribution in [-0.2, 0) is 14.3 Å². The Balaban J connectivity index is 0.00000480. The second-order valence-corrected chi connectivity index (χ2v) is 8.88. The molecule has 0 radical (unpaired) electrons. The van der Waals surface area contributed by atoms with Crippen molar-refractivity contribution in [3.8, 4) is 0 Å². The van der Waals surface area contributed by atoms with Crippen LogP contribution in [0.5, 0.6) is 0 Å². The van der Waals surface area contributed by atoms with E-state index in [0.717, 1.165) is 5.57 Å². The van der Waals surface area contributed by atoms with Crippen molar-refractivity contribution in [2.45, 2.75) is 83.7 Å². The fourth-order valence-corrected chi connectivity index (χ4v) is 4.52. The van der Waals surface area contributed by atoms with E-state index >= 15 is 0 Å². The lowest BCUT2D eigenvalue weighted by atomic mass is 9.66. The van der Waals surface area contributed by atoms with E-state index in [4.69, 9.17) is 9.84 Å². The molecule has 0 spiro atoms. The highest BCUT2D eigenvalue weighted by Gasteiger charge is 2.42. The summed E-state index contributed by atoms with van der Waals surface area (Å²) in [5.74, 6) is -1.31. The molecule has 0 saturated carbocycles. The largest absolute Gasteiger partial charge is 0.481 e. The highest BCUT2D eigenvalue weighted by Crippen LogP contribution is 2.44. The number of fused-ring (bicyclic) bond motifs is 1. The number of ether oxygens (including phenoxy) is 1. The van der Waals surface area contributed by atoms with Crippen molar-refractivity contribution in [2.75, 3.05) is 0 Å². The molecule has 8 atom stereocenters. The predicted octanol–water partition coefficient (Wildman–Crippen LogP) is 2.60. The number of allylic oxidation sites excluding steroid dienone is 2. The molecule has 178 valence electrons. The minimum Gasteiger partial charge on any atom is -0.481 e. The van der Waals surface area contributed by atoms with Crippen LogP contribution in [0.25, 0.3) is 0 Å². The Morgan fingerprint density at radius 2 is 1.94 bits per heavy atom. The Kier molecular flexibility index (Phi) is 10.9. The number of aliphatic hydroxyl groups excluding tert-OH is 3. The van der Waals surface area contributed by atoms with Crippen LogP contribution in [0.1, 0.15) is 59.3 Å². The molecule has 2 aliphatic rings. The zero-order chi connectivity index (χ0) is 22.4. The van der Waals surface area contributed by atoms with Gasteiger partial charge in [0.25, 0.3) is 0 Å². The first-order valence-electron chi connectivity index (χ1n) is 11.0. The number of hydrogen-bond acceptors (Lipinski definition) is 7. The summed E-state index contributed by atoms with van der Waals surface area (Å²) in [6.45, 7) is 5.85. The Bertz CT molecular complexity index is 662. The van der Waals surface area contributed by atoms with E-state index in [2.05, 4.69) is 13.0 Å². The van der Waals surface area contributed by atoms with E-state index in [0.29, 0.717) is 25.7 Å². The molecule has 0 aromatic heterocycles. The monoisotopic (exact) mass is 441 g/mol. The third-order valence-electron chi connectivity index (χ3n) is 6.44. The first-order chi connectivity index (χ1) is 14.1. The predicted molar refractivity (Wildman–Crippen MR) is 116 cm³/mol. The molecule has 2 aliphatic carbocycles. The van der Waals surface area contributed by atoms with Gasteiger partial charge in [0, 0.05) is 12.3 Å². The second-order valence-electron chi connectivity index (χ2n) is 8.88. The third-order valence-corrected chi connectivity index (χ3v) is 6.44. The molecular formula is C23H39NO7. The number of aliphatic hydroxyl groups is 3. The minimum absolute atomic E-state index is 0. The molecule has 8 heteroatoms. The molecule has 31 heavy (non-hydrogen) atoms. The van der Waals surface area contributed by atoms with Crippen LogP contribution in [0.4, 0.5) is 0 Å². The van der Waals surface area contributed by atoms with Crippen LogP contribution in [-0.4, -0.2) is 56.8 Å². The maximum Gasteiger partial charge on any atom is 0.308 e. The van der Waals surface area contributed by atoms with Gasteiger partial charge in [-0.2, -0.15) is 0 Å². The Morgan fingerprint density at radius 3 is 2.55 bits per heavy atom. The minimum atomic E-state index is -1.10. The summed E-state index contributed by atoms with van der Waals surface area (Å²) in [5.41, 5.74) is 0.958. The fraction of sp³-hybridized carbons (Fsp3) is 0.739. The first kappa shape index (κ1) is 27.3. The zero-order valence-electron chi connectivity index (χ0n) is 18.8. The zero-order valence-corrected chi connectivity index (χ0v) is 18.8. The van der Waals surface area contributed by atoms with Crippen molar-refractivity contribution < 1.29 is 34.8 Å². The molecule has 0 saturated heterocycles. The van der Waals surface area contributed by atoms with E-state index in [9.17, 15) is 24.9 Å². The summed E-state index contributed by atoms with van der Waals surface area (Å²) in [5, 5.41) is 39.1. The highest BCUT2D eigenvalue weighted by atomic mass is 16.5. The molecule has 0 aliphatic heterocycles. The highest BCUT2D eigenvalue weighted by molar-refractivity contribution is 5.72.